The maximum atomic E-state index is 4.73. The van der Waals surface area contributed by atoms with Gasteiger partial charge in [0.15, 0.2) is 5.13 Å². The van der Waals surface area contributed by atoms with Crippen LogP contribution in [0.2, 0.25) is 0 Å². The standard InChI is InChI=1S/C17H25N3S/c1-11(2)18-10-16-14(5)19-17(21-16)20(6)15-8-7-12(3)9-13(15)4/h7-9,11,18H,10H2,1-6H3. The molecule has 0 spiro atoms. The molecular weight excluding hydrogens is 278 g/mol. The normalized spacial score (nSPS) is 11.2. The highest BCUT2D eigenvalue weighted by atomic mass is 32.1. The summed E-state index contributed by atoms with van der Waals surface area (Å²) in [6, 6.07) is 7.04. The van der Waals surface area contributed by atoms with Crippen LogP contribution in [0.1, 0.15) is 35.5 Å². The molecule has 1 aromatic carbocycles. The van der Waals surface area contributed by atoms with E-state index in [9.17, 15) is 0 Å². The third-order valence-electron chi connectivity index (χ3n) is 3.55. The van der Waals surface area contributed by atoms with Crippen molar-refractivity contribution in [3.8, 4) is 0 Å². The highest BCUT2D eigenvalue weighted by Crippen LogP contribution is 2.32. The minimum atomic E-state index is 0.493. The molecule has 0 fully saturated rings. The molecule has 3 nitrogen and oxygen atoms in total. The van der Waals surface area contributed by atoms with Gasteiger partial charge in [0.25, 0.3) is 0 Å². The second-order valence-corrected chi connectivity index (χ2v) is 6.95. The van der Waals surface area contributed by atoms with Crippen molar-refractivity contribution in [1.82, 2.24) is 10.3 Å². The molecule has 0 atom stereocenters. The number of nitrogens with zero attached hydrogens (tertiary/aromatic N) is 2. The molecule has 0 aliphatic carbocycles. The third-order valence-corrected chi connectivity index (χ3v) is 4.79. The first-order chi connectivity index (χ1) is 9.88. The minimum Gasteiger partial charge on any atom is -0.321 e. The molecule has 0 aliphatic rings. The topological polar surface area (TPSA) is 28.2 Å². The molecule has 2 rings (SSSR count). The minimum absolute atomic E-state index is 0.493. The first-order valence-corrected chi connectivity index (χ1v) is 8.20. The summed E-state index contributed by atoms with van der Waals surface area (Å²) in [7, 11) is 2.09. The summed E-state index contributed by atoms with van der Waals surface area (Å²) in [5.41, 5.74) is 4.92. The van der Waals surface area contributed by atoms with Gasteiger partial charge in [-0.15, -0.1) is 0 Å². The Morgan fingerprint density at radius 2 is 1.95 bits per heavy atom. The van der Waals surface area contributed by atoms with Crippen LogP contribution in [0.5, 0.6) is 0 Å². The first kappa shape index (κ1) is 16.0. The lowest BCUT2D eigenvalue weighted by molar-refractivity contribution is 0.591. The molecule has 0 amide bonds. The van der Waals surface area contributed by atoms with E-state index in [2.05, 4.69) is 70.1 Å². The van der Waals surface area contributed by atoms with Crippen LogP contribution < -0.4 is 10.2 Å². The molecule has 1 aromatic heterocycles. The third kappa shape index (κ3) is 3.83. The van der Waals surface area contributed by atoms with Crippen LogP contribution in [0, 0.1) is 20.8 Å². The largest absolute Gasteiger partial charge is 0.321 e. The molecule has 0 saturated carbocycles. The zero-order valence-electron chi connectivity index (χ0n) is 13.8. The lowest BCUT2D eigenvalue weighted by Gasteiger charge is -2.18. The van der Waals surface area contributed by atoms with E-state index in [-0.39, 0.29) is 0 Å². The Morgan fingerprint density at radius 1 is 1.24 bits per heavy atom. The van der Waals surface area contributed by atoms with Crippen molar-refractivity contribution in [2.45, 2.75) is 47.2 Å². The van der Waals surface area contributed by atoms with Crippen LogP contribution in [-0.4, -0.2) is 18.1 Å². The fraction of sp³-hybridized carbons (Fsp3) is 0.471. The molecule has 4 heteroatoms. The molecule has 0 saturated heterocycles. The number of nitrogens with one attached hydrogen (secondary N) is 1. The van der Waals surface area contributed by atoms with E-state index in [4.69, 9.17) is 4.98 Å². The quantitative estimate of drug-likeness (QED) is 0.891. The van der Waals surface area contributed by atoms with Gasteiger partial charge in [-0.05, 0) is 32.4 Å². The zero-order valence-corrected chi connectivity index (χ0v) is 14.6. The second-order valence-electron chi connectivity index (χ2n) is 5.89. The average molecular weight is 303 g/mol. The van der Waals surface area contributed by atoms with Crippen LogP contribution in [0.4, 0.5) is 10.8 Å². The molecule has 0 unspecified atom stereocenters. The summed E-state index contributed by atoms with van der Waals surface area (Å²) in [6.07, 6.45) is 0. The molecule has 1 heterocycles. The number of anilines is 2. The summed E-state index contributed by atoms with van der Waals surface area (Å²) < 4.78 is 0. The number of thiazole rings is 1. The molecule has 21 heavy (non-hydrogen) atoms. The summed E-state index contributed by atoms with van der Waals surface area (Å²) in [6.45, 7) is 11.6. The lowest BCUT2D eigenvalue weighted by Crippen LogP contribution is -2.21. The Balaban J connectivity index is 2.23. The molecule has 2 aromatic rings. The van der Waals surface area contributed by atoms with Gasteiger partial charge < -0.3 is 10.2 Å². The van der Waals surface area contributed by atoms with Crippen molar-refractivity contribution in [2.24, 2.45) is 0 Å². The van der Waals surface area contributed by atoms with Gasteiger partial charge in [0.05, 0.1) is 5.69 Å². The van der Waals surface area contributed by atoms with Gasteiger partial charge in [-0.1, -0.05) is 42.9 Å². The number of hydrogen-bond donors (Lipinski definition) is 1. The van der Waals surface area contributed by atoms with Crippen LogP contribution in [0.25, 0.3) is 0 Å². The van der Waals surface area contributed by atoms with Gasteiger partial charge >= 0.3 is 0 Å². The average Bonchev–Trinajstić information content (AvgIpc) is 2.77. The van der Waals surface area contributed by atoms with E-state index in [0.717, 1.165) is 17.4 Å². The number of aromatic nitrogens is 1. The first-order valence-electron chi connectivity index (χ1n) is 7.39. The SMILES string of the molecule is Cc1ccc(N(C)c2nc(C)c(CNC(C)C)s2)c(C)c1. The fourth-order valence-corrected chi connectivity index (χ4v) is 3.29. The van der Waals surface area contributed by atoms with E-state index in [0.29, 0.717) is 6.04 Å². The van der Waals surface area contributed by atoms with Crippen LogP contribution >= 0.6 is 11.3 Å². The van der Waals surface area contributed by atoms with Crippen LogP contribution in [0.3, 0.4) is 0 Å². The van der Waals surface area contributed by atoms with Crippen molar-refractivity contribution in [2.75, 3.05) is 11.9 Å². The molecule has 0 aliphatic heterocycles. The summed E-state index contributed by atoms with van der Waals surface area (Å²) in [4.78, 5) is 8.23. The molecule has 114 valence electrons. The Labute approximate surface area is 132 Å². The van der Waals surface area contributed by atoms with E-state index in [1.807, 2.05) is 0 Å². The monoisotopic (exact) mass is 303 g/mol. The zero-order chi connectivity index (χ0) is 15.6. The molecular formula is C17H25N3S. The number of hydrogen-bond acceptors (Lipinski definition) is 4. The van der Waals surface area contributed by atoms with Gasteiger partial charge in [0, 0.05) is 30.2 Å². The lowest BCUT2D eigenvalue weighted by atomic mass is 10.1. The fourth-order valence-electron chi connectivity index (χ4n) is 2.30. The number of aryl methyl sites for hydroxylation is 3. The highest BCUT2D eigenvalue weighted by molar-refractivity contribution is 7.15. The van der Waals surface area contributed by atoms with E-state index in [1.54, 1.807) is 11.3 Å². The smallest absolute Gasteiger partial charge is 0.190 e. The van der Waals surface area contributed by atoms with Crippen molar-refractivity contribution < 1.29 is 0 Å². The van der Waals surface area contributed by atoms with Crippen LogP contribution in [-0.2, 0) is 6.54 Å². The second kappa shape index (κ2) is 6.58. The highest BCUT2D eigenvalue weighted by Gasteiger charge is 2.14. The maximum absolute atomic E-state index is 4.73. The van der Waals surface area contributed by atoms with Crippen molar-refractivity contribution in [3.63, 3.8) is 0 Å². The predicted molar refractivity (Wildman–Crippen MR) is 92.8 cm³/mol. The van der Waals surface area contributed by atoms with Gasteiger partial charge in [0.2, 0.25) is 0 Å². The van der Waals surface area contributed by atoms with Gasteiger partial charge in [-0.3, -0.25) is 0 Å². The molecule has 0 radical (unpaired) electrons. The van der Waals surface area contributed by atoms with Gasteiger partial charge in [-0.2, -0.15) is 0 Å². The van der Waals surface area contributed by atoms with Crippen LogP contribution in [0.15, 0.2) is 18.2 Å². The van der Waals surface area contributed by atoms with E-state index >= 15 is 0 Å². The van der Waals surface area contributed by atoms with Crippen molar-refractivity contribution in [3.05, 3.63) is 39.9 Å². The Bertz CT molecular complexity index is 616. The summed E-state index contributed by atoms with van der Waals surface area (Å²) in [5, 5.41) is 4.52. The van der Waals surface area contributed by atoms with E-state index in [1.165, 1.54) is 21.7 Å². The Morgan fingerprint density at radius 3 is 2.57 bits per heavy atom. The van der Waals surface area contributed by atoms with E-state index < -0.39 is 0 Å². The predicted octanol–water partition coefficient (Wildman–Crippen LogP) is 4.33. The summed E-state index contributed by atoms with van der Waals surface area (Å²) in [5.74, 6) is 0. The van der Waals surface area contributed by atoms with Crippen molar-refractivity contribution >= 4 is 22.2 Å². The number of benzene rings is 1. The Hall–Kier alpha value is -1.39. The maximum Gasteiger partial charge on any atom is 0.190 e. The molecule has 1 N–H and O–H groups in total. The van der Waals surface area contributed by atoms with Crippen molar-refractivity contribution in [1.29, 1.82) is 0 Å². The van der Waals surface area contributed by atoms with Gasteiger partial charge in [-0.25, -0.2) is 4.98 Å². The molecule has 0 bridgehead atoms. The van der Waals surface area contributed by atoms with Gasteiger partial charge in [0.1, 0.15) is 0 Å². The summed E-state index contributed by atoms with van der Waals surface area (Å²) >= 11 is 1.77. The Kier molecular flexibility index (Phi) is 5.01. The number of rotatable bonds is 5.